The number of urea groups is 1. The number of ether oxygens (including phenoxy) is 1. The van der Waals surface area contributed by atoms with Crippen LogP contribution in [-0.4, -0.2) is 36.9 Å². The zero-order chi connectivity index (χ0) is 15.1. The minimum Gasteiger partial charge on any atom is -0.480 e. The van der Waals surface area contributed by atoms with Crippen molar-refractivity contribution in [1.82, 2.24) is 5.32 Å². The molecule has 20 heavy (non-hydrogen) atoms. The van der Waals surface area contributed by atoms with Gasteiger partial charge in [0.15, 0.2) is 0 Å². The van der Waals surface area contributed by atoms with E-state index in [0.29, 0.717) is 10.7 Å². The van der Waals surface area contributed by atoms with Gasteiger partial charge in [0.05, 0.1) is 10.7 Å². The molecule has 0 aliphatic heterocycles. The van der Waals surface area contributed by atoms with Crippen LogP contribution in [0.5, 0.6) is 0 Å². The lowest BCUT2D eigenvalue weighted by molar-refractivity contribution is -0.139. The first-order valence-electron chi connectivity index (χ1n) is 5.68. The van der Waals surface area contributed by atoms with Crippen molar-refractivity contribution < 1.29 is 19.4 Å². The van der Waals surface area contributed by atoms with Gasteiger partial charge in [-0.05, 0) is 18.2 Å². The predicted octanol–water partition coefficient (Wildman–Crippen LogP) is 2.71. The molecule has 6 nitrogen and oxygen atoms in total. The first kappa shape index (κ1) is 16.7. The topological polar surface area (TPSA) is 87.7 Å². The first-order chi connectivity index (χ1) is 9.43. The summed E-state index contributed by atoms with van der Waals surface area (Å²) in [7, 11) is 1.46. The van der Waals surface area contributed by atoms with Gasteiger partial charge in [-0.1, -0.05) is 27.5 Å². The number of nitrogens with one attached hydrogen (secondary N) is 2. The van der Waals surface area contributed by atoms with Crippen LogP contribution in [0.15, 0.2) is 22.7 Å². The Kier molecular flexibility index (Phi) is 6.77. The minimum atomic E-state index is -1.13. The number of halogens is 2. The van der Waals surface area contributed by atoms with Crippen LogP contribution in [0, 0.1) is 0 Å². The van der Waals surface area contributed by atoms with Crippen LogP contribution in [0.1, 0.15) is 6.42 Å². The Morgan fingerprint density at radius 1 is 1.50 bits per heavy atom. The van der Waals surface area contributed by atoms with Gasteiger partial charge in [0.25, 0.3) is 0 Å². The largest absolute Gasteiger partial charge is 0.480 e. The molecule has 0 saturated heterocycles. The number of carbonyl (C=O) groups excluding carboxylic acids is 1. The summed E-state index contributed by atoms with van der Waals surface area (Å²) in [5.74, 6) is -1.13. The summed E-state index contributed by atoms with van der Waals surface area (Å²) >= 11 is 9.19. The van der Waals surface area contributed by atoms with Crippen molar-refractivity contribution in [3.8, 4) is 0 Å². The van der Waals surface area contributed by atoms with Gasteiger partial charge in [0.1, 0.15) is 6.04 Å². The molecule has 1 aromatic rings. The number of hydrogen-bond donors (Lipinski definition) is 3. The molecule has 0 bridgehead atoms. The Balaban J connectivity index is 2.63. The molecule has 1 aromatic carbocycles. The van der Waals surface area contributed by atoms with E-state index in [4.69, 9.17) is 21.4 Å². The zero-order valence-corrected chi connectivity index (χ0v) is 13.0. The molecule has 0 radical (unpaired) electrons. The van der Waals surface area contributed by atoms with Crippen molar-refractivity contribution >= 4 is 45.2 Å². The van der Waals surface area contributed by atoms with Crippen molar-refractivity contribution in [2.24, 2.45) is 0 Å². The summed E-state index contributed by atoms with van der Waals surface area (Å²) in [6, 6.07) is 3.27. The van der Waals surface area contributed by atoms with Gasteiger partial charge in [-0.15, -0.1) is 0 Å². The molecule has 0 fully saturated rings. The summed E-state index contributed by atoms with van der Waals surface area (Å²) in [5, 5.41) is 14.2. The monoisotopic (exact) mass is 364 g/mol. The van der Waals surface area contributed by atoms with Crippen LogP contribution in [-0.2, 0) is 9.53 Å². The van der Waals surface area contributed by atoms with E-state index in [1.165, 1.54) is 7.11 Å². The lowest BCUT2D eigenvalue weighted by atomic mass is 10.2. The molecule has 0 spiro atoms. The highest BCUT2D eigenvalue weighted by Crippen LogP contribution is 2.25. The van der Waals surface area contributed by atoms with Crippen LogP contribution in [0.2, 0.25) is 5.02 Å². The lowest BCUT2D eigenvalue weighted by Crippen LogP contribution is -2.43. The van der Waals surface area contributed by atoms with E-state index in [2.05, 4.69) is 26.6 Å². The van der Waals surface area contributed by atoms with Crippen molar-refractivity contribution in [1.29, 1.82) is 0 Å². The quantitative estimate of drug-likeness (QED) is 0.723. The molecule has 3 N–H and O–H groups in total. The average Bonchev–Trinajstić information content (AvgIpc) is 2.37. The van der Waals surface area contributed by atoms with E-state index in [1.54, 1.807) is 18.2 Å². The molecular formula is C12H14BrClN2O4. The van der Waals surface area contributed by atoms with Crippen molar-refractivity contribution in [2.45, 2.75) is 12.5 Å². The first-order valence-corrected chi connectivity index (χ1v) is 6.85. The Hall–Kier alpha value is -1.31. The normalized spacial score (nSPS) is 11.8. The maximum absolute atomic E-state index is 11.7. The minimum absolute atomic E-state index is 0.174. The fourth-order valence-electron chi connectivity index (χ4n) is 1.40. The highest BCUT2D eigenvalue weighted by molar-refractivity contribution is 9.10. The Morgan fingerprint density at radius 3 is 2.75 bits per heavy atom. The van der Waals surface area contributed by atoms with Gasteiger partial charge in [0, 0.05) is 24.6 Å². The third-order valence-electron chi connectivity index (χ3n) is 2.39. The van der Waals surface area contributed by atoms with Crippen LogP contribution in [0.3, 0.4) is 0 Å². The molecule has 0 aliphatic rings. The van der Waals surface area contributed by atoms with Crippen LogP contribution >= 0.6 is 27.5 Å². The highest BCUT2D eigenvalue weighted by Gasteiger charge is 2.19. The fourth-order valence-corrected chi connectivity index (χ4v) is 2.12. The van der Waals surface area contributed by atoms with Gasteiger partial charge in [-0.25, -0.2) is 9.59 Å². The summed E-state index contributed by atoms with van der Waals surface area (Å²) in [5.41, 5.74) is 0.392. The van der Waals surface area contributed by atoms with E-state index >= 15 is 0 Å². The summed E-state index contributed by atoms with van der Waals surface area (Å²) < 4.78 is 5.57. The number of anilines is 1. The zero-order valence-electron chi connectivity index (χ0n) is 10.7. The van der Waals surface area contributed by atoms with Crippen molar-refractivity contribution in [3.63, 3.8) is 0 Å². The maximum atomic E-state index is 11.7. The summed E-state index contributed by atoms with van der Waals surface area (Å²) in [4.78, 5) is 22.7. The van der Waals surface area contributed by atoms with E-state index in [9.17, 15) is 9.59 Å². The molecule has 0 saturated carbocycles. The third-order valence-corrected chi connectivity index (χ3v) is 3.20. The Bertz CT molecular complexity index is 498. The maximum Gasteiger partial charge on any atom is 0.326 e. The second-order valence-corrected chi connectivity index (χ2v) is 5.22. The van der Waals surface area contributed by atoms with Crippen molar-refractivity contribution in [2.75, 3.05) is 19.0 Å². The lowest BCUT2D eigenvalue weighted by Gasteiger charge is -2.15. The fraction of sp³-hybridized carbons (Fsp3) is 0.333. The van der Waals surface area contributed by atoms with Crippen LogP contribution in [0.25, 0.3) is 0 Å². The Labute approximate surface area is 129 Å². The molecule has 0 heterocycles. The molecular weight excluding hydrogens is 351 g/mol. The molecule has 8 heteroatoms. The second kappa shape index (κ2) is 8.08. The number of carbonyl (C=O) groups is 2. The third kappa shape index (κ3) is 5.36. The molecule has 0 aromatic heterocycles. The van der Waals surface area contributed by atoms with Crippen molar-refractivity contribution in [3.05, 3.63) is 27.7 Å². The molecule has 1 atom stereocenters. The van der Waals surface area contributed by atoms with E-state index in [-0.39, 0.29) is 13.0 Å². The smallest absolute Gasteiger partial charge is 0.326 e. The molecule has 1 unspecified atom stereocenters. The number of aliphatic carboxylic acids is 1. The van der Waals surface area contributed by atoms with Crippen LogP contribution < -0.4 is 10.6 Å². The number of amides is 2. The van der Waals surface area contributed by atoms with Crippen LogP contribution in [0.4, 0.5) is 10.5 Å². The summed E-state index contributed by atoms with van der Waals surface area (Å²) in [6.07, 6.45) is 0.174. The van der Waals surface area contributed by atoms with Gasteiger partial charge in [-0.2, -0.15) is 0 Å². The number of benzene rings is 1. The highest BCUT2D eigenvalue weighted by atomic mass is 79.9. The van der Waals surface area contributed by atoms with E-state index in [0.717, 1.165) is 4.47 Å². The van der Waals surface area contributed by atoms with Gasteiger partial charge < -0.3 is 20.5 Å². The van der Waals surface area contributed by atoms with Gasteiger partial charge in [-0.3, -0.25) is 0 Å². The summed E-state index contributed by atoms with van der Waals surface area (Å²) in [6.45, 7) is 0.232. The molecule has 0 aliphatic carbocycles. The SMILES string of the molecule is COCCC(NC(=O)Nc1ccc(Br)cc1Cl)C(=O)O. The second-order valence-electron chi connectivity index (χ2n) is 3.89. The molecule has 1 rings (SSSR count). The average molecular weight is 366 g/mol. The predicted molar refractivity (Wildman–Crippen MR) is 79.2 cm³/mol. The molecule has 2 amide bonds. The number of hydrogen-bond acceptors (Lipinski definition) is 3. The van der Waals surface area contributed by atoms with E-state index in [1.807, 2.05) is 0 Å². The van der Waals surface area contributed by atoms with Gasteiger partial charge in [0.2, 0.25) is 0 Å². The Morgan fingerprint density at radius 2 is 2.20 bits per heavy atom. The standard InChI is InChI=1S/C12H14BrClN2O4/c1-20-5-4-10(11(17)18)16-12(19)15-9-3-2-7(13)6-8(9)14/h2-3,6,10H,4-5H2,1H3,(H,17,18)(H2,15,16,19). The molecule has 110 valence electrons. The van der Waals surface area contributed by atoms with E-state index < -0.39 is 18.0 Å². The number of carboxylic acid groups (broad SMARTS) is 1. The number of carboxylic acids is 1. The number of methoxy groups -OCH3 is 1. The van der Waals surface area contributed by atoms with Gasteiger partial charge >= 0.3 is 12.0 Å². The number of rotatable bonds is 6.